The van der Waals surface area contributed by atoms with E-state index in [1.807, 2.05) is 38.3 Å². The Bertz CT molecular complexity index is 845. The molecule has 1 aromatic carbocycles. The van der Waals surface area contributed by atoms with Crippen molar-refractivity contribution in [2.24, 2.45) is 5.92 Å². The number of carbonyl (C=O) groups is 2. The summed E-state index contributed by atoms with van der Waals surface area (Å²) in [6.45, 7) is 9.70. The first-order valence-electron chi connectivity index (χ1n) is 10.1. The van der Waals surface area contributed by atoms with Gasteiger partial charge in [-0.15, -0.1) is 10.2 Å². The van der Waals surface area contributed by atoms with Crippen LogP contribution in [0.3, 0.4) is 0 Å². The molecule has 0 unspecified atom stereocenters. The number of thioether (sulfide) groups is 1. The Labute approximate surface area is 177 Å². The minimum atomic E-state index is -0.0860. The molecule has 0 atom stereocenters. The molecule has 0 radical (unpaired) electrons. The van der Waals surface area contributed by atoms with E-state index in [0.717, 1.165) is 41.5 Å². The van der Waals surface area contributed by atoms with Crippen molar-refractivity contribution in [1.82, 2.24) is 20.1 Å². The van der Waals surface area contributed by atoms with E-state index in [9.17, 15) is 9.59 Å². The Hall–Kier alpha value is -2.15. The summed E-state index contributed by atoms with van der Waals surface area (Å²) in [5.74, 6) is 1.41. The maximum Gasteiger partial charge on any atom is 0.220 e. The quantitative estimate of drug-likeness (QED) is 0.341. The first-order chi connectivity index (χ1) is 13.8. The zero-order chi connectivity index (χ0) is 21.4. The fraction of sp³-hybridized carbons (Fsp3) is 0.545. The van der Waals surface area contributed by atoms with Crippen LogP contribution in [-0.2, 0) is 17.8 Å². The maximum atomic E-state index is 12.4. The lowest BCUT2D eigenvalue weighted by atomic mass is 9.99. The number of rotatable bonds is 11. The number of aryl methyl sites for hydroxylation is 3. The highest BCUT2D eigenvalue weighted by Crippen LogP contribution is 2.17. The van der Waals surface area contributed by atoms with E-state index in [2.05, 4.69) is 33.9 Å². The first-order valence-corrected chi connectivity index (χ1v) is 11.4. The SMILES string of the molecule is CSc1nnc(CCCNC(=O)CCC(=O)c2cc(C)ccc2C)n1CC(C)C. The van der Waals surface area contributed by atoms with Crippen molar-refractivity contribution in [2.45, 2.75) is 65.1 Å². The molecule has 0 fully saturated rings. The summed E-state index contributed by atoms with van der Waals surface area (Å²) in [5.41, 5.74) is 2.72. The molecule has 29 heavy (non-hydrogen) atoms. The van der Waals surface area contributed by atoms with E-state index in [-0.39, 0.29) is 24.5 Å². The van der Waals surface area contributed by atoms with Crippen molar-refractivity contribution >= 4 is 23.5 Å². The standard InChI is InChI=1S/C22H32N4O2S/c1-15(2)14-26-20(24-25-22(26)29-5)7-6-12-23-21(28)11-10-19(27)18-13-16(3)8-9-17(18)4/h8-9,13,15H,6-7,10-12,14H2,1-5H3,(H,23,28). The van der Waals surface area contributed by atoms with Crippen LogP contribution in [0.1, 0.15) is 60.4 Å². The zero-order valence-corrected chi connectivity index (χ0v) is 18.9. The summed E-state index contributed by atoms with van der Waals surface area (Å²) in [7, 11) is 0. The molecular weight excluding hydrogens is 384 g/mol. The van der Waals surface area contributed by atoms with Crippen LogP contribution in [-0.4, -0.2) is 39.3 Å². The molecule has 0 spiro atoms. The molecule has 6 nitrogen and oxygen atoms in total. The number of carbonyl (C=O) groups excluding carboxylic acids is 2. The highest BCUT2D eigenvalue weighted by Gasteiger charge is 2.14. The van der Waals surface area contributed by atoms with Crippen LogP contribution < -0.4 is 5.32 Å². The summed E-state index contributed by atoms with van der Waals surface area (Å²) < 4.78 is 2.17. The van der Waals surface area contributed by atoms with E-state index in [1.54, 1.807) is 11.8 Å². The van der Waals surface area contributed by atoms with Gasteiger partial charge < -0.3 is 9.88 Å². The Morgan fingerprint density at radius 2 is 1.93 bits per heavy atom. The third-order valence-electron chi connectivity index (χ3n) is 4.70. The average molecular weight is 417 g/mol. The lowest BCUT2D eigenvalue weighted by Crippen LogP contribution is -2.25. The van der Waals surface area contributed by atoms with Crippen molar-refractivity contribution in [1.29, 1.82) is 0 Å². The summed E-state index contributed by atoms with van der Waals surface area (Å²) >= 11 is 1.60. The molecule has 1 heterocycles. The zero-order valence-electron chi connectivity index (χ0n) is 18.1. The molecule has 0 saturated heterocycles. The van der Waals surface area contributed by atoms with Crippen molar-refractivity contribution in [3.05, 3.63) is 40.7 Å². The number of hydrogen-bond donors (Lipinski definition) is 1. The van der Waals surface area contributed by atoms with E-state index < -0.39 is 0 Å². The van der Waals surface area contributed by atoms with Gasteiger partial charge >= 0.3 is 0 Å². The van der Waals surface area contributed by atoms with Gasteiger partial charge in [-0.05, 0) is 44.1 Å². The molecule has 0 bridgehead atoms. The monoisotopic (exact) mass is 416 g/mol. The number of amides is 1. The third-order valence-corrected chi connectivity index (χ3v) is 5.36. The van der Waals surface area contributed by atoms with Gasteiger partial charge in [-0.3, -0.25) is 9.59 Å². The molecule has 2 aromatic rings. The van der Waals surface area contributed by atoms with Crippen molar-refractivity contribution in [2.75, 3.05) is 12.8 Å². The van der Waals surface area contributed by atoms with Gasteiger partial charge in [0.25, 0.3) is 0 Å². The van der Waals surface area contributed by atoms with E-state index in [4.69, 9.17) is 0 Å². The second kappa shape index (κ2) is 11.1. The fourth-order valence-corrected chi connectivity index (χ4v) is 3.69. The molecule has 1 amide bonds. The maximum absolute atomic E-state index is 12.4. The summed E-state index contributed by atoms with van der Waals surface area (Å²) in [5, 5.41) is 12.4. The highest BCUT2D eigenvalue weighted by molar-refractivity contribution is 7.98. The van der Waals surface area contributed by atoms with Crippen LogP contribution in [0.25, 0.3) is 0 Å². The van der Waals surface area contributed by atoms with Crippen LogP contribution in [0.5, 0.6) is 0 Å². The number of ketones is 1. The van der Waals surface area contributed by atoms with Crippen LogP contribution in [0, 0.1) is 19.8 Å². The van der Waals surface area contributed by atoms with Gasteiger partial charge in [-0.2, -0.15) is 0 Å². The molecule has 0 aliphatic heterocycles. The number of hydrogen-bond acceptors (Lipinski definition) is 5. The van der Waals surface area contributed by atoms with Gasteiger partial charge in [0.15, 0.2) is 10.9 Å². The van der Waals surface area contributed by atoms with Crippen molar-refractivity contribution in [3.63, 3.8) is 0 Å². The first kappa shape index (κ1) is 23.1. The Morgan fingerprint density at radius 1 is 1.17 bits per heavy atom. The van der Waals surface area contributed by atoms with E-state index in [0.29, 0.717) is 18.0 Å². The van der Waals surface area contributed by atoms with E-state index in [1.165, 1.54) is 0 Å². The lowest BCUT2D eigenvalue weighted by molar-refractivity contribution is -0.121. The minimum absolute atomic E-state index is 0.0210. The summed E-state index contributed by atoms with van der Waals surface area (Å²) in [4.78, 5) is 24.5. The van der Waals surface area contributed by atoms with Crippen LogP contribution in [0.2, 0.25) is 0 Å². The average Bonchev–Trinajstić information content (AvgIpc) is 3.06. The molecule has 1 aromatic heterocycles. The third kappa shape index (κ3) is 6.99. The fourth-order valence-electron chi connectivity index (χ4n) is 3.16. The largest absolute Gasteiger partial charge is 0.356 e. The predicted octanol–water partition coefficient (Wildman–Crippen LogP) is 3.98. The number of nitrogens with zero attached hydrogens (tertiary/aromatic N) is 3. The Kier molecular flexibility index (Phi) is 8.89. The van der Waals surface area contributed by atoms with Crippen LogP contribution in [0.4, 0.5) is 0 Å². The number of aromatic nitrogens is 3. The van der Waals surface area contributed by atoms with Crippen LogP contribution >= 0.6 is 11.8 Å². The summed E-state index contributed by atoms with van der Waals surface area (Å²) in [6.07, 6.45) is 4.01. The second-order valence-electron chi connectivity index (χ2n) is 7.80. The van der Waals surface area contributed by atoms with Gasteiger partial charge in [-0.25, -0.2) is 0 Å². The number of nitrogens with one attached hydrogen (secondary N) is 1. The van der Waals surface area contributed by atoms with Crippen molar-refractivity contribution in [3.8, 4) is 0 Å². The molecular formula is C22H32N4O2S. The number of Topliss-reactive ketones (excluding diaryl/α,β-unsaturated/α-hetero) is 1. The number of benzene rings is 1. The van der Waals surface area contributed by atoms with Gasteiger partial charge in [0.1, 0.15) is 5.82 Å². The Morgan fingerprint density at radius 3 is 2.62 bits per heavy atom. The summed E-state index contributed by atoms with van der Waals surface area (Å²) in [6, 6.07) is 5.83. The van der Waals surface area contributed by atoms with Crippen molar-refractivity contribution < 1.29 is 9.59 Å². The topological polar surface area (TPSA) is 76.9 Å². The normalized spacial score (nSPS) is 11.1. The molecule has 158 valence electrons. The smallest absolute Gasteiger partial charge is 0.220 e. The molecule has 2 rings (SSSR count). The van der Waals surface area contributed by atoms with Gasteiger partial charge in [0.2, 0.25) is 5.91 Å². The van der Waals surface area contributed by atoms with E-state index >= 15 is 0 Å². The van der Waals surface area contributed by atoms with Crippen LogP contribution in [0.15, 0.2) is 23.4 Å². The Balaban J connectivity index is 1.76. The van der Waals surface area contributed by atoms with Gasteiger partial charge in [0.05, 0.1) is 0 Å². The van der Waals surface area contributed by atoms with Gasteiger partial charge in [0, 0.05) is 37.9 Å². The second-order valence-corrected chi connectivity index (χ2v) is 8.58. The lowest BCUT2D eigenvalue weighted by Gasteiger charge is -2.12. The molecule has 7 heteroatoms. The molecule has 0 aliphatic carbocycles. The molecule has 0 saturated carbocycles. The molecule has 0 aliphatic rings. The minimum Gasteiger partial charge on any atom is -0.356 e. The van der Waals surface area contributed by atoms with Gasteiger partial charge in [-0.1, -0.05) is 43.3 Å². The predicted molar refractivity (Wildman–Crippen MR) is 117 cm³/mol. The molecule has 1 N–H and O–H groups in total. The highest BCUT2D eigenvalue weighted by atomic mass is 32.2.